The number of H-pyrrole nitrogens is 1. The highest BCUT2D eigenvalue weighted by molar-refractivity contribution is 6.07. The minimum absolute atomic E-state index is 0.215. The number of ether oxygens (including phenoxy) is 1. The molecule has 1 N–H and O–H groups in total. The maximum Gasteiger partial charge on any atom is 0.316 e. The summed E-state index contributed by atoms with van der Waals surface area (Å²) in [6.45, 7) is 0. The van der Waals surface area contributed by atoms with E-state index in [-0.39, 0.29) is 17.5 Å². The zero-order valence-corrected chi connectivity index (χ0v) is 7.84. The van der Waals surface area contributed by atoms with Crippen molar-refractivity contribution in [3.8, 4) is 6.01 Å². The van der Waals surface area contributed by atoms with Crippen LogP contribution in [0.5, 0.6) is 6.01 Å². The number of rotatable bonds is 3. The van der Waals surface area contributed by atoms with E-state index in [1.807, 2.05) is 0 Å². The van der Waals surface area contributed by atoms with Crippen LogP contribution in [-0.4, -0.2) is 38.3 Å². The Morgan fingerprint density at radius 3 is 2.60 bits per heavy atom. The summed E-state index contributed by atoms with van der Waals surface area (Å²) >= 11 is 0. The van der Waals surface area contributed by atoms with Crippen molar-refractivity contribution in [2.24, 2.45) is 0 Å². The van der Waals surface area contributed by atoms with E-state index in [9.17, 15) is 4.79 Å². The molecule has 0 saturated heterocycles. The molecule has 2 aromatic heterocycles. The van der Waals surface area contributed by atoms with Crippen LogP contribution >= 0.6 is 0 Å². The third kappa shape index (κ3) is 1.80. The lowest BCUT2D eigenvalue weighted by molar-refractivity contribution is 0.103. The van der Waals surface area contributed by atoms with Gasteiger partial charge in [-0.2, -0.15) is 15.4 Å². The van der Waals surface area contributed by atoms with Crippen LogP contribution < -0.4 is 4.74 Å². The number of nitrogens with zero attached hydrogens (tertiary/aromatic N) is 4. The summed E-state index contributed by atoms with van der Waals surface area (Å²) in [6, 6.07) is 0.215. The Kier molecular flexibility index (Phi) is 2.36. The number of hydrogen-bond donors (Lipinski definition) is 1. The third-order valence-corrected chi connectivity index (χ3v) is 1.72. The Balaban J connectivity index is 2.27. The second kappa shape index (κ2) is 3.82. The van der Waals surface area contributed by atoms with Crippen molar-refractivity contribution < 1.29 is 9.53 Å². The highest BCUT2D eigenvalue weighted by Crippen LogP contribution is 2.06. The Morgan fingerprint density at radius 2 is 2.07 bits per heavy atom. The first kappa shape index (κ1) is 9.25. The summed E-state index contributed by atoms with van der Waals surface area (Å²) in [6.07, 6.45) is 4.10. The summed E-state index contributed by atoms with van der Waals surface area (Å²) in [5.41, 5.74) is 0.563. The number of ketones is 1. The summed E-state index contributed by atoms with van der Waals surface area (Å²) in [5, 5.41) is 9.56. The number of aromatic amines is 1. The Labute approximate surface area is 84.5 Å². The summed E-state index contributed by atoms with van der Waals surface area (Å²) in [7, 11) is 1.45. The van der Waals surface area contributed by atoms with Crippen molar-refractivity contribution >= 4 is 5.78 Å². The summed E-state index contributed by atoms with van der Waals surface area (Å²) in [4.78, 5) is 19.3. The van der Waals surface area contributed by atoms with Gasteiger partial charge in [0.25, 0.3) is 0 Å². The van der Waals surface area contributed by atoms with Crippen molar-refractivity contribution in [2.75, 3.05) is 7.11 Å². The Hall–Kier alpha value is -2.31. The molecule has 0 aliphatic rings. The quantitative estimate of drug-likeness (QED) is 0.699. The average molecular weight is 205 g/mol. The molecule has 0 unspecified atom stereocenters. The molecule has 0 aliphatic heterocycles. The molecule has 2 rings (SSSR count). The zero-order valence-electron chi connectivity index (χ0n) is 7.84. The maximum atomic E-state index is 11.7. The molecule has 2 heterocycles. The van der Waals surface area contributed by atoms with Crippen molar-refractivity contribution in [1.29, 1.82) is 0 Å². The minimum atomic E-state index is -0.286. The van der Waals surface area contributed by atoms with Crippen LogP contribution in [0, 0.1) is 0 Å². The van der Waals surface area contributed by atoms with Gasteiger partial charge in [0, 0.05) is 12.4 Å². The average Bonchev–Trinajstić information content (AvgIpc) is 2.82. The van der Waals surface area contributed by atoms with Crippen LogP contribution in [0.1, 0.15) is 16.1 Å². The lowest BCUT2D eigenvalue weighted by atomic mass is 10.2. The lowest BCUT2D eigenvalue weighted by Crippen LogP contribution is -2.04. The molecule has 0 fully saturated rings. The first-order valence-corrected chi connectivity index (χ1v) is 4.08. The van der Waals surface area contributed by atoms with Gasteiger partial charge in [-0.25, -0.2) is 9.97 Å². The first-order chi connectivity index (χ1) is 7.31. The van der Waals surface area contributed by atoms with E-state index in [1.165, 1.54) is 25.7 Å². The van der Waals surface area contributed by atoms with Gasteiger partial charge in [-0.1, -0.05) is 0 Å². The fourth-order valence-electron chi connectivity index (χ4n) is 0.998. The van der Waals surface area contributed by atoms with Gasteiger partial charge in [0.1, 0.15) is 0 Å². The van der Waals surface area contributed by atoms with Crippen LogP contribution in [0.4, 0.5) is 0 Å². The third-order valence-electron chi connectivity index (χ3n) is 1.72. The highest BCUT2D eigenvalue weighted by atomic mass is 16.5. The molecule has 15 heavy (non-hydrogen) atoms. The Bertz CT molecular complexity index is 450. The number of carbonyl (C=O) groups is 1. The number of methoxy groups -OCH3 is 1. The molecule has 0 aromatic carbocycles. The van der Waals surface area contributed by atoms with E-state index < -0.39 is 0 Å². The van der Waals surface area contributed by atoms with Gasteiger partial charge < -0.3 is 4.74 Å². The standard InChI is InChI=1S/C8H7N5O2/c1-15-8-9-2-5(3-10-8)7(14)6-4-11-13-12-6/h2-4H,1H3,(H,11,12,13). The van der Waals surface area contributed by atoms with Gasteiger partial charge in [-0.15, -0.1) is 0 Å². The number of nitrogens with one attached hydrogen (secondary N) is 1. The Morgan fingerprint density at radius 1 is 1.33 bits per heavy atom. The fourth-order valence-corrected chi connectivity index (χ4v) is 0.998. The van der Waals surface area contributed by atoms with Gasteiger partial charge in [-0.3, -0.25) is 4.79 Å². The maximum absolute atomic E-state index is 11.7. The highest BCUT2D eigenvalue weighted by Gasteiger charge is 2.12. The van der Waals surface area contributed by atoms with Crippen LogP contribution in [-0.2, 0) is 0 Å². The van der Waals surface area contributed by atoms with E-state index in [0.717, 1.165) is 0 Å². The molecule has 0 aliphatic carbocycles. The smallest absolute Gasteiger partial charge is 0.316 e. The van der Waals surface area contributed by atoms with Crippen LogP contribution in [0.2, 0.25) is 0 Å². The second-order valence-corrected chi connectivity index (χ2v) is 2.64. The predicted octanol–water partition coefficient (Wildman–Crippen LogP) is -0.166. The van der Waals surface area contributed by atoms with Crippen LogP contribution in [0.3, 0.4) is 0 Å². The van der Waals surface area contributed by atoms with Gasteiger partial charge in [-0.05, 0) is 0 Å². The number of hydrogen-bond acceptors (Lipinski definition) is 6. The van der Waals surface area contributed by atoms with Crippen molar-refractivity contribution in [2.45, 2.75) is 0 Å². The van der Waals surface area contributed by atoms with E-state index in [0.29, 0.717) is 5.56 Å². The molecule has 0 saturated carbocycles. The van der Waals surface area contributed by atoms with E-state index >= 15 is 0 Å². The van der Waals surface area contributed by atoms with Gasteiger partial charge in [0.2, 0.25) is 5.78 Å². The number of carbonyl (C=O) groups excluding carboxylic acids is 1. The zero-order chi connectivity index (χ0) is 10.7. The second-order valence-electron chi connectivity index (χ2n) is 2.64. The van der Waals surface area contributed by atoms with Crippen molar-refractivity contribution in [1.82, 2.24) is 25.4 Å². The van der Waals surface area contributed by atoms with Gasteiger partial charge in [0.05, 0.1) is 18.9 Å². The van der Waals surface area contributed by atoms with Gasteiger partial charge in [0.15, 0.2) is 5.69 Å². The van der Waals surface area contributed by atoms with Crippen LogP contribution in [0.15, 0.2) is 18.6 Å². The van der Waals surface area contributed by atoms with Crippen molar-refractivity contribution in [3.63, 3.8) is 0 Å². The molecule has 0 bridgehead atoms. The normalized spacial score (nSPS) is 9.93. The largest absolute Gasteiger partial charge is 0.467 e. The molecule has 7 heteroatoms. The molecule has 7 nitrogen and oxygen atoms in total. The van der Waals surface area contributed by atoms with E-state index in [2.05, 4.69) is 25.4 Å². The number of aromatic nitrogens is 5. The summed E-state index contributed by atoms with van der Waals surface area (Å²) in [5.74, 6) is -0.286. The first-order valence-electron chi connectivity index (χ1n) is 4.08. The molecule has 0 spiro atoms. The van der Waals surface area contributed by atoms with Crippen molar-refractivity contribution in [3.05, 3.63) is 29.8 Å². The molecular formula is C8H7N5O2. The molecule has 0 radical (unpaired) electrons. The SMILES string of the molecule is COc1ncc(C(=O)c2cn[nH]n2)cn1. The topological polar surface area (TPSA) is 93.7 Å². The van der Waals surface area contributed by atoms with Gasteiger partial charge >= 0.3 is 6.01 Å². The fraction of sp³-hybridized carbons (Fsp3) is 0.125. The molecule has 2 aromatic rings. The summed E-state index contributed by atoms with van der Waals surface area (Å²) < 4.78 is 4.77. The lowest BCUT2D eigenvalue weighted by Gasteiger charge is -1.98. The monoisotopic (exact) mass is 205 g/mol. The minimum Gasteiger partial charge on any atom is -0.467 e. The van der Waals surface area contributed by atoms with E-state index in [1.54, 1.807) is 0 Å². The molecule has 0 amide bonds. The molecular weight excluding hydrogens is 198 g/mol. The predicted molar refractivity (Wildman–Crippen MR) is 48.4 cm³/mol. The molecule has 0 atom stereocenters. The molecule has 76 valence electrons. The van der Waals surface area contributed by atoms with E-state index in [4.69, 9.17) is 4.74 Å². The van der Waals surface area contributed by atoms with Crippen LogP contribution in [0.25, 0.3) is 0 Å².